The van der Waals surface area contributed by atoms with Crippen molar-refractivity contribution in [2.45, 2.75) is 13.5 Å². The van der Waals surface area contributed by atoms with E-state index < -0.39 is 10.0 Å². The van der Waals surface area contributed by atoms with Crippen LogP contribution >= 0.6 is 0 Å². The third-order valence-electron chi connectivity index (χ3n) is 6.38. The van der Waals surface area contributed by atoms with Crippen LogP contribution in [0, 0.1) is 6.92 Å². The van der Waals surface area contributed by atoms with Crippen LogP contribution in [0.25, 0.3) is 6.08 Å². The smallest absolute Gasteiger partial charge is 0.253 e. The average Bonchev–Trinajstić information content (AvgIpc) is 2.88. The van der Waals surface area contributed by atoms with Crippen LogP contribution < -0.4 is 4.31 Å². The maximum Gasteiger partial charge on any atom is 0.253 e. The minimum atomic E-state index is -3.48. The third kappa shape index (κ3) is 6.83. The zero-order chi connectivity index (χ0) is 25.5. The molecule has 1 saturated heterocycles. The van der Waals surface area contributed by atoms with Crippen molar-refractivity contribution in [2.24, 2.45) is 0 Å². The molecule has 7 heteroatoms. The number of carbonyl (C=O) groups excluding carboxylic acids is 1. The second-order valence-electron chi connectivity index (χ2n) is 9.21. The Hall–Kier alpha value is -3.42. The van der Waals surface area contributed by atoms with Crippen molar-refractivity contribution < 1.29 is 13.2 Å². The largest absolute Gasteiger partial charge is 0.336 e. The molecule has 1 amide bonds. The van der Waals surface area contributed by atoms with Crippen molar-refractivity contribution in [1.29, 1.82) is 0 Å². The number of amides is 1. The molecule has 36 heavy (non-hydrogen) atoms. The molecule has 1 heterocycles. The number of anilines is 1. The van der Waals surface area contributed by atoms with Crippen LogP contribution in [-0.2, 0) is 16.6 Å². The number of sulfonamides is 1. The highest BCUT2D eigenvalue weighted by Crippen LogP contribution is 2.22. The highest BCUT2D eigenvalue weighted by Gasteiger charge is 2.23. The first-order chi connectivity index (χ1) is 17.3. The number of rotatable bonds is 8. The molecule has 0 bridgehead atoms. The fourth-order valence-corrected chi connectivity index (χ4v) is 5.14. The van der Waals surface area contributed by atoms with Crippen LogP contribution in [0.3, 0.4) is 0 Å². The first-order valence-electron chi connectivity index (χ1n) is 12.2. The van der Waals surface area contributed by atoms with Crippen LogP contribution in [-0.4, -0.2) is 63.1 Å². The van der Waals surface area contributed by atoms with E-state index in [1.165, 1.54) is 16.1 Å². The van der Waals surface area contributed by atoms with Gasteiger partial charge >= 0.3 is 0 Å². The van der Waals surface area contributed by atoms with E-state index in [1.807, 2.05) is 54.3 Å². The molecule has 0 radical (unpaired) electrons. The lowest BCUT2D eigenvalue weighted by atomic mass is 10.1. The van der Waals surface area contributed by atoms with Gasteiger partial charge in [0.1, 0.15) is 0 Å². The maximum atomic E-state index is 13.1. The fraction of sp³-hybridized carbons (Fsp3) is 0.276. The molecule has 0 atom stereocenters. The second-order valence-corrected chi connectivity index (χ2v) is 11.1. The summed E-state index contributed by atoms with van der Waals surface area (Å²) in [4.78, 5) is 17.3. The Morgan fingerprint density at radius 1 is 0.889 bits per heavy atom. The van der Waals surface area contributed by atoms with Crippen LogP contribution in [0.2, 0.25) is 0 Å². The van der Waals surface area contributed by atoms with E-state index >= 15 is 0 Å². The zero-order valence-corrected chi connectivity index (χ0v) is 21.7. The molecule has 0 N–H and O–H groups in total. The molecular weight excluding hydrogens is 470 g/mol. The Morgan fingerprint density at radius 3 is 2.14 bits per heavy atom. The maximum absolute atomic E-state index is 13.1. The molecule has 0 saturated carbocycles. The molecule has 6 nitrogen and oxygen atoms in total. The molecule has 0 spiro atoms. The van der Waals surface area contributed by atoms with Crippen molar-refractivity contribution >= 4 is 27.7 Å². The molecule has 4 rings (SSSR count). The van der Waals surface area contributed by atoms with E-state index in [-0.39, 0.29) is 12.5 Å². The van der Waals surface area contributed by atoms with Gasteiger partial charge in [0.05, 0.1) is 18.5 Å². The molecule has 188 valence electrons. The Balaban J connectivity index is 1.35. The summed E-state index contributed by atoms with van der Waals surface area (Å²) < 4.78 is 26.4. The van der Waals surface area contributed by atoms with Crippen molar-refractivity contribution in [1.82, 2.24) is 9.80 Å². The van der Waals surface area contributed by atoms with Crippen LogP contribution in [0.5, 0.6) is 0 Å². The minimum absolute atomic E-state index is 0.0227. The molecule has 1 fully saturated rings. The summed E-state index contributed by atoms with van der Waals surface area (Å²) in [7, 11) is -3.48. The highest BCUT2D eigenvalue weighted by atomic mass is 32.2. The number of hydrogen-bond donors (Lipinski definition) is 0. The van der Waals surface area contributed by atoms with Crippen LogP contribution in [0.4, 0.5) is 5.69 Å². The summed E-state index contributed by atoms with van der Waals surface area (Å²) in [5, 5.41) is 0. The van der Waals surface area contributed by atoms with E-state index in [2.05, 4.69) is 29.2 Å². The van der Waals surface area contributed by atoms with Gasteiger partial charge in [-0.15, -0.1) is 0 Å². The van der Waals surface area contributed by atoms with Gasteiger partial charge in [0.2, 0.25) is 10.0 Å². The van der Waals surface area contributed by atoms with E-state index in [0.717, 1.165) is 30.8 Å². The number of hydrogen-bond acceptors (Lipinski definition) is 4. The Morgan fingerprint density at radius 2 is 1.53 bits per heavy atom. The van der Waals surface area contributed by atoms with Crippen LogP contribution in [0.1, 0.15) is 27.0 Å². The monoisotopic (exact) mass is 503 g/mol. The normalized spacial score (nSPS) is 14.8. The predicted octanol–water partition coefficient (Wildman–Crippen LogP) is 4.43. The lowest BCUT2D eigenvalue weighted by Gasteiger charge is -2.34. The predicted molar refractivity (Wildman–Crippen MR) is 146 cm³/mol. The Bertz CT molecular complexity index is 1280. The van der Waals surface area contributed by atoms with Gasteiger partial charge in [-0.1, -0.05) is 72.3 Å². The first kappa shape index (κ1) is 25.7. The molecule has 0 aliphatic carbocycles. The molecule has 0 aromatic heterocycles. The minimum Gasteiger partial charge on any atom is -0.336 e. The van der Waals surface area contributed by atoms with Gasteiger partial charge in [0.15, 0.2) is 0 Å². The Kier molecular flexibility index (Phi) is 8.23. The average molecular weight is 504 g/mol. The fourth-order valence-electron chi connectivity index (χ4n) is 4.25. The van der Waals surface area contributed by atoms with Gasteiger partial charge in [-0.2, -0.15) is 0 Å². The van der Waals surface area contributed by atoms with Gasteiger partial charge in [-0.25, -0.2) is 8.42 Å². The van der Waals surface area contributed by atoms with Crippen molar-refractivity contribution in [2.75, 3.05) is 43.3 Å². The van der Waals surface area contributed by atoms with Gasteiger partial charge in [-0.05, 0) is 42.3 Å². The number of piperazine rings is 1. The molecule has 3 aromatic rings. The standard InChI is InChI=1S/C29H33N3O3S/c1-24-10-12-26(13-11-24)23-32(36(2,34)35)28-16-14-27(15-17-28)29(33)31-21-19-30(20-22-31)18-6-9-25-7-4-3-5-8-25/h3-17H,18-23H2,1-2H3/b9-6+. The van der Waals surface area contributed by atoms with Gasteiger partial charge in [0.25, 0.3) is 5.91 Å². The van der Waals surface area contributed by atoms with Crippen molar-refractivity contribution in [3.63, 3.8) is 0 Å². The summed E-state index contributed by atoms with van der Waals surface area (Å²) in [6.45, 7) is 6.08. The highest BCUT2D eigenvalue weighted by molar-refractivity contribution is 7.92. The van der Waals surface area contributed by atoms with E-state index in [1.54, 1.807) is 24.3 Å². The summed E-state index contributed by atoms with van der Waals surface area (Å²) in [5.41, 5.74) is 4.33. The topological polar surface area (TPSA) is 60.9 Å². The second kappa shape index (κ2) is 11.5. The van der Waals surface area contributed by atoms with E-state index in [4.69, 9.17) is 0 Å². The van der Waals surface area contributed by atoms with Gasteiger partial charge in [0, 0.05) is 38.3 Å². The quantitative estimate of drug-likeness (QED) is 0.456. The number of carbonyl (C=O) groups is 1. The van der Waals surface area contributed by atoms with Crippen LogP contribution in [0.15, 0.2) is 84.9 Å². The summed E-state index contributed by atoms with van der Waals surface area (Å²) >= 11 is 0. The zero-order valence-electron chi connectivity index (χ0n) is 20.9. The molecule has 1 aliphatic rings. The summed E-state index contributed by atoms with van der Waals surface area (Å²) in [6.07, 6.45) is 5.49. The van der Waals surface area contributed by atoms with E-state index in [0.29, 0.717) is 24.3 Å². The molecular formula is C29H33N3O3S. The third-order valence-corrected chi connectivity index (χ3v) is 7.52. The first-order valence-corrected chi connectivity index (χ1v) is 14.0. The molecule has 3 aromatic carbocycles. The number of benzene rings is 3. The lowest BCUT2D eigenvalue weighted by Crippen LogP contribution is -2.48. The van der Waals surface area contributed by atoms with Gasteiger partial charge < -0.3 is 4.90 Å². The van der Waals surface area contributed by atoms with Gasteiger partial charge in [-0.3, -0.25) is 14.0 Å². The number of aryl methyl sites for hydroxylation is 1. The summed E-state index contributed by atoms with van der Waals surface area (Å²) in [5.74, 6) is -0.0227. The Labute approximate surface area is 214 Å². The number of nitrogens with zero attached hydrogens (tertiary/aromatic N) is 3. The molecule has 0 unspecified atom stereocenters. The van der Waals surface area contributed by atoms with E-state index in [9.17, 15) is 13.2 Å². The summed E-state index contributed by atoms with van der Waals surface area (Å²) in [6, 6.07) is 24.9. The SMILES string of the molecule is Cc1ccc(CN(c2ccc(C(=O)N3CCN(C/C=C/c4ccccc4)CC3)cc2)S(C)(=O)=O)cc1. The lowest BCUT2D eigenvalue weighted by molar-refractivity contribution is 0.0650. The van der Waals surface area contributed by atoms with Crippen molar-refractivity contribution in [3.05, 3.63) is 107 Å². The van der Waals surface area contributed by atoms with Crippen molar-refractivity contribution in [3.8, 4) is 0 Å². The molecule has 1 aliphatic heterocycles.